The molecule has 0 unspecified atom stereocenters. The van der Waals surface area contributed by atoms with E-state index in [2.05, 4.69) is 20.7 Å². The van der Waals surface area contributed by atoms with Crippen LogP contribution in [0.2, 0.25) is 0 Å². The lowest BCUT2D eigenvalue weighted by Crippen LogP contribution is -2.39. The summed E-state index contributed by atoms with van der Waals surface area (Å²) in [6, 6.07) is 9.57. The van der Waals surface area contributed by atoms with Crippen molar-refractivity contribution in [2.75, 3.05) is 33.2 Å². The number of hydrogen-bond acceptors (Lipinski definition) is 4. The molecule has 29 heavy (non-hydrogen) atoms. The minimum absolute atomic E-state index is 0. The molecular formula is C19H26IN7O2. The number of rotatable bonds is 7. The van der Waals surface area contributed by atoms with Crippen LogP contribution in [-0.2, 0) is 11.3 Å². The lowest BCUT2D eigenvalue weighted by atomic mass is 10.3. The molecule has 2 N–H and O–H groups in total. The van der Waals surface area contributed by atoms with Crippen molar-refractivity contribution in [3.63, 3.8) is 0 Å². The van der Waals surface area contributed by atoms with E-state index in [1.165, 1.54) is 4.90 Å². The van der Waals surface area contributed by atoms with Crippen molar-refractivity contribution in [3.05, 3.63) is 48.3 Å². The molecule has 3 amide bonds. The predicted octanol–water partition coefficient (Wildman–Crippen LogP) is 1.44. The number of urea groups is 1. The fraction of sp³-hybridized carbons (Fsp3) is 0.368. The summed E-state index contributed by atoms with van der Waals surface area (Å²) < 4.78 is 1.84. The zero-order valence-electron chi connectivity index (χ0n) is 16.5. The van der Waals surface area contributed by atoms with E-state index in [0.717, 1.165) is 17.8 Å². The number of benzene rings is 1. The molecule has 3 rings (SSSR count). The van der Waals surface area contributed by atoms with Crippen molar-refractivity contribution in [3.8, 4) is 5.69 Å². The van der Waals surface area contributed by atoms with Gasteiger partial charge >= 0.3 is 6.03 Å². The highest BCUT2D eigenvalue weighted by Gasteiger charge is 2.27. The van der Waals surface area contributed by atoms with Crippen LogP contribution in [0.25, 0.3) is 5.69 Å². The SMILES string of the molecule is CCNC(=NCCN1C(=O)CNC1=O)N(C)Cc1cnn(-c2ccccc2)c1.I. The van der Waals surface area contributed by atoms with E-state index in [1.54, 1.807) is 0 Å². The number of aliphatic imine (C=N–C) groups is 1. The molecular weight excluding hydrogens is 485 g/mol. The van der Waals surface area contributed by atoms with Crippen LogP contribution >= 0.6 is 24.0 Å². The van der Waals surface area contributed by atoms with Gasteiger partial charge in [0.15, 0.2) is 5.96 Å². The fourth-order valence-corrected chi connectivity index (χ4v) is 2.92. The minimum Gasteiger partial charge on any atom is -0.357 e. The normalized spacial score (nSPS) is 13.9. The molecule has 1 aromatic carbocycles. The largest absolute Gasteiger partial charge is 0.357 e. The van der Waals surface area contributed by atoms with Crippen molar-refractivity contribution in [1.82, 2.24) is 30.2 Å². The van der Waals surface area contributed by atoms with Gasteiger partial charge in [-0.2, -0.15) is 5.10 Å². The van der Waals surface area contributed by atoms with E-state index in [9.17, 15) is 9.59 Å². The smallest absolute Gasteiger partial charge is 0.324 e. The lowest BCUT2D eigenvalue weighted by molar-refractivity contribution is -0.124. The van der Waals surface area contributed by atoms with Gasteiger partial charge in [-0.1, -0.05) is 18.2 Å². The van der Waals surface area contributed by atoms with E-state index in [-0.39, 0.29) is 49.0 Å². The molecule has 9 nitrogen and oxygen atoms in total. The highest BCUT2D eigenvalue weighted by molar-refractivity contribution is 14.0. The van der Waals surface area contributed by atoms with Gasteiger partial charge in [-0.3, -0.25) is 14.7 Å². The third-order valence-corrected chi connectivity index (χ3v) is 4.30. The topological polar surface area (TPSA) is 94.9 Å². The Balaban J connectivity index is 0.00000300. The third kappa shape index (κ3) is 5.92. The molecule has 2 heterocycles. The maximum atomic E-state index is 11.6. The molecule has 2 aromatic rings. The Morgan fingerprint density at radius 3 is 2.72 bits per heavy atom. The van der Waals surface area contributed by atoms with Gasteiger partial charge in [-0.15, -0.1) is 24.0 Å². The summed E-state index contributed by atoms with van der Waals surface area (Å²) in [5.41, 5.74) is 2.05. The maximum absolute atomic E-state index is 11.6. The zero-order chi connectivity index (χ0) is 19.9. The Morgan fingerprint density at radius 2 is 2.07 bits per heavy atom. The number of para-hydroxylation sites is 1. The molecule has 10 heteroatoms. The second-order valence-corrected chi connectivity index (χ2v) is 6.42. The second-order valence-electron chi connectivity index (χ2n) is 6.42. The van der Waals surface area contributed by atoms with E-state index in [0.29, 0.717) is 19.0 Å². The van der Waals surface area contributed by atoms with Crippen LogP contribution in [0.15, 0.2) is 47.7 Å². The number of guanidine groups is 1. The lowest BCUT2D eigenvalue weighted by Gasteiger charge is -2.21. The summed E-state index contributed by atoms with van der Waals surface area (Å²) in [7, 11) is 1.94. The average Bonchev–Trinajstić information content (AvgIpc) is 3.29. The standard InChI is InChI=1S/C19H25N7O2.HI/c1-3-20-18(21-9-10-25-17(27)12-22-19(25)28)24(2)13-15-11-23-26(14-15)16-7-5-4-6-8-16;/h4-8,11,14H,3,9-10,12-13H2,1-2H3,(H,20,21)(H,22,28);1H. The van der Waals surface area contributed by atoms with Gasteiger partial charge in [0.25, 0.3) is 0 Å². The quantitative estimate of drug-likeness (QED) is 0.254. The predicted molar refractivity (Wildman–Crippen MR) is 122 cm³/mol. The molecule has 1 saturated heterocycles. The molecule has 0 spiro atoms. The van der Waals surface area contributed by atoms with Crippen LogP contribution in [0.4, 0.5) is 4.79 Å². The van der Waals surface area contributed by atoms with Crippen molar-refractivity contribution < 1.29 is 9.59 Å². The van der Waals surface area contributed by atoms with Gasteiger partial charge in [0.1, 0.15) is 0 Å². The summed E-state index contributed by atoms with van der Waals surface area (Å²) in [4.78, 5) is 30.9. The van der Waals surface area contributed by atoms with Crippen LogP contribution in [0.1, 0.15) is 12.5 Å². The summed E-state index contributed by atoms with van der Waals surface area (Å²) in [5, 5.41) is 10.2. The molecule has 0 radical (unpaired) electrons. The molecule has 1 aromatic heterocycles. The summed E-state index contributed by atoms with van der Waals surface area (Å²) >= 11 is 0. The molecule has 156 valence electrons. The molecule has 0 aliphatic carbocycles. The summed E-state index contributed by atoms with van der Waals surface area (Å²) in [5.74, 6) is 0.494. The van der Waals surface area contributed by atoms with Crippen LogP contribution in [0.3, 0.4) is 0 Å². The molecule has 0 saturated carbocycles. The highest BCUT2D eigenvalue weighted by Crippen LogP contribution is 2.09. The number of hydrogen-bond donors (Lipinski definition) is 2. The fourth-order valence-electron chi connectivity index (χ4n) is 2.92. The van der Waals surface area contributed by atoms with E-state index in [4.69, 9.17) is 0 Å². The van der Waals surface area contributed by atoms with Crippen molar-refractivity contribution in [1.29, 1.82) is 0 Å². The number of halogens is 1. The maximum Gasteiger partial charge on any atom is 0.324 e. The van der Waals surface area contributed by atoms with Crippen LogP contribution in [0.5, 0.6) is 0 Å². The highest BCUT2D eigenvalue weighted by atomic mass is 127. The van der Waals surface area contributed by atoms with E-state index >= 15 is 0 Å². The van der Waals surface area contributed by atoms with Gasteiger partial charge < -0.3 is 15.5 Å². The molecule has 0 bridgehead atoms. The average molecular weight is 511 g/mol. The number of carbonyl (C=O) groups is 2. The van der Waals surface area contributed by atoms with Crippen LogP contribution in [-0.4, -0.2) is 70.7 Å². The first kappa shape index (κ1) is 22.7. The number of nitrogens with one attached hydrogen (secondary N) is 2. The van der Waals surface area contributed by atoms with Crippen molar-refractivity contribution in [2.45, 2.75) is 13.5 Å². The number of carbonyl (C=O) groups excluding carboxylic acids is 2. The van der Waals surface area contributed by atoms with Gasteiger partial charge in [0.2, 0.25) is 5.91 Å². The first-order valence-electron chi connectivity index (χ1n) is 9.25. The Morgan fingerprint density at radius 1 is 1.31 bits per heavy atom. The second kappa shape index (κ2) is 10.8. The van der Waals surface area contributed by atoms with Crippen molar-refractivity contribution in [2.24, 2.45) is 4.99 Å². The monoisotopic (exact) mass is 511 g/mol. The first-order chi connectivity index (χ1) is 13.6. The Hall–Kier alpha value is -2.63. The molecule has 1 aliphatic heterocycles. The number of nitrogens with zero attached hydrogens (tertiary/aromatic N) is 5. The van der Waals surface area contributed by atoms with Crippen molar-refractivity contribution >= 4 is 41.9 Å². The Kier molecular flexibility index (Phi) is 8.43. The summed E-state index contributed by atoms with van der Waals surface area (Å²) in [6.07, 6.45) is 3.82. The van der Waals surface area contributed by atoms with Gasteiger partial charge in [0.05, 0.1) is 31.5 Å². The minimum atomic E-state index is -0.355. The zero-order valence-corrected chi connectivity index (χ0v) is 18.9. The van der Waals surface area contributed by atoms with E-state index < -0.39 is 0 Å². The number of aromatic nitrogens is 2. The van der Waals surface area contributed by atoms with Gasteiger partial charge in [0, 0.05) is 31.9 Å². The molecule has 0 atom stereocenters. The summed E-state index contributed by atoms with van der Waals surface area (Å²) in [6.45, 7) is 4.01. The van der Waals surface area contributed by atoms with Gasteiger partial charge in [-0.25, -0.2) is 9.48 Å². The number of amides is 3. The Bertz CT molecular complexity index is 837. The van der Waals surface area contributed by atoms with Crippen LogP contribution < -0.4 is 10.6 Å². The first-order valence-corrected chi connectivity index (χ1v) is 9.25. The number of imide groups is 1. The Labute approximate surface area is 187 Å². The van der Waals surface area contributed by atoms with Crippen LogP contribution in [0, 0.1) is 0 Å². The molecule has 1 aliphatic rings. The van der Waals surface area contributed by atoms with E-state index in [1.807, 2.05) is 66.3 Å². The third-order valence-electron chi connectivity index (χ3n) is 4.30. The molecule has 1 fully saturated rings. The van der Waals surface area contributed by atoms with Gasteiger partial charge in [-0.05, 0) is 19.1 Å².